The van der Waals surface area contributed by atoms with Gasteiger partial charge >= 0.3 is 6.03 Å². The first-order valence-corrected chi connectivity index (χ1v) is 6.43. The van der Waals surface area contributed by atoms with E-state index >= 15 is 0 Å². The van der Waals surface area contributed by atoms with Crippen molar-refractivity contribution in [1.82, 2.24) is 20.2 Å². The Balaban J connectivity index is 2.46. The third-order valence-corrected chi connectivity index (χ3v) is 2.43. The highest BCUT2D eigenvalue weighted by atomic mass is 16.2. The highest BCUT2D eigenvalue weighted by molar-refractivity contribution is 5.74. The number of carbonyl (C=O) groups excluding carboxylic acids is 1. The number of rotatable bonds is 4. The van der Waals surface area contributed by atoms with E-state index in [4.69, 9.17) is 0 Å². The van der Waals surface area contributed by atoms with E-state index in [0.717, 1.165) is 12.1 Å². The largest absolute Gasteiger partial charge is 0.336 e. The fourth-order valence-electron chi connectivity index (χ4n) is 1.50. The van der Waals surface area contributed by atoms with E-state index in [-0.39, 0.29) is 17.1 Å². The molecule has 0 saturated carbocycles. The van der Waals surface area contributed by atoms with Gasteiger partial charge in [-0.05, 0) is 27.2 Å². The highest BCUT2D eigenvalue weighted by Gasteiger charge is 2.12. The molecule has 0 bridgehead atoms. The van der Waals surface area contributed by atoms with Crippen molar-refractivity contribution in [2.75, 3.05) is 6.54 Å². The molecule has 0 aromatic carbocycles. The molecule has 2 amide bonds. The molecule has 1 aromatic rings. The maximum absolute atomic E-state index is 11.7. The first-order valence-electron chi connectivity index (χ1n) is 6.43. The summed E-state index contributed by atoms with van der Waals surface area (Å²) in [6, 6.07) is 1.29. The van der Waals surface area contributed by atoms with Crippen molar-refractivity contribution in [3.63, 3.8) is 0 Å². The quantitative estimate of drug-likeness (QED) is 0.850. The molecular weight excluding hydrogens is 244 g/mol. The second-order valence-electron chi connectivity index (χ2n) is 5.40. The van der Waals surface area contributed by atoms with E-state index in [1.165, 1.54) is 17.0 Å². The van der Waals surface area contributed by atoms with E-state index in [1.807, 2.05) is 27.7 Å². The summed E-state index contributed by atoms with van der Waals surface area (Å²) >= 11 is 0. The lowest BCUT2D eigenvalue weighted by Gasteiger charge is -2.20. The van der Waals surface area contributed by atoms with Gasteiger partial charge in [0.25, 0.3) is 5.56 Å². The van der Waals surface area contributed by atoms with Gasteiger partial charge in [0.1, 0.15) is 0 Å². The zero-order valence-electron chi connectivity index (χ0n) is 12.0. The van der Waals surface area contributed by atoms with Crippen molar-refractivity contribution < 1.29 is 4.79 Å². The Morgan fingerprint density at radius 2 is 2.11 bits per heavy atom. The lowest BCUT2D eigenvalue weighted by Crippen LogP contribution is -2.47. The van der Waals surface area contributed by atoms with Crippen LogP contribution in [0.2, 0.25) is 0 Å². The second-order valence-corrected chi connectivity index (χ2v) is 5.40. The minimum absolute atomic E-state index is 0.0927. The van der Waals surface area contributed by atoms with Gasteiger partial charge in [0.15, 0.2) is 0 Å². The van der Waals surface area contributed by atoms with E-state index < -0.39 is 0 Å². The van der Waals surface area contributed by atoms with Crippen LogP contribution in [0.3, 0.4) is 0 Å². The van der Waals surface area contributed by atoms with Gasteiger partial charge in [0.2, 0.25) is 0 Å². The molecule has 1 aromatic heterocycles. The number of hydrogen-bond acceptors (Lipinski definition) is 3. The van der Waals surface area contributed by atoms with Crippen molar-refractivity contribution in [1.29, 1.82) is 0 Å². The molecule has 0 aliphatic carbocycles. The molecule has 0 atom stereocenters. The van der Waals surface area contributed by atoms with Gasteiger partial charge in [0, 0.05) is 30.4 Å². The first-order chi connectivity index (χ1) is 8.81. The molecule has 0 spiro atoms. The Kier molecular flexibility index (Phi) is 5.09. The van der Waals surface area contributed by atoms with Gasteiger partial charge in [-0.25, -0.2) is 9.78 Å². The average molecular weight is 266 g/mol. The molecule has 1 rings (SSSR count). The summed E-state index contributed by atoms with van der Waals surface area (Å²) in [5, 5.41) is 5.49. The topological polar surface area (TPSA) is 76.0 Å². The standard InChI is InChI=1S/C13H22N4O2/c1-5-10-8-11(18)17(9-15-10)7-6-14-12(19)16-13(2,3)4/h8-9H,5-7H2,1-4H3,(H2,14,16,19). The molecule has 0 fully saturated rings. The van der Waals surface area contributed by atoms with E-state index in [2.05, 4.69) is 15.6 Å². The van der Waals surface area contributed by atoms with E-state index in [0.29, 0.717) is 13.1 Å². The molecule has 0 aliphatic heterocycles. The van der Waals surface area contributed by atoms with Crippen LogP contribution in [0.5, 0.6) is 0 Å². The SMILES string of the molecule is CCc1cc(=O)n(CCNC(=O)NC(C)(C)C)cn1. The third-order valence-electron chi connectivity index (χ3n) is 2.43. The van der Waals surface area contributed by atoms with E-state index in [9.17, 15) is 9.59 Å². The number of nitrogens with zero attached hydrogens (tertiary/aromatic N) is 2. The molecular formula is C13H22N4O2. The number of carbonyl (C=O) groups is 1. The molecule has 0 aliphatic rings. The van der Waals surface area contributed by atoms with Crippen LogP contribution in [0.4, 0.5) is 4.79 Å². The third kappa shape index (κ3) is 5.54. The summed E-state index contributed by atoms with van der Waals surface area (Å²) in [6.45, 7) is 8.46. The van der Waals surface area contributed by atoms with Crippen LogP contribution in [0.1, 0.15) is 33.4 Å². The van der Waals surface area contributed by atoms with Crippen molar-refractivity contribution >= 4 is 6.03 Å². The van der Waals surface area contributed by atoms with Crippen LogP contribution in [-0.4, -0.2) is 27.7 Å². The molecule has 6 heteroatoms. The summed E-state index contributed by atoms with van der Waals surface area (Å²) in [7, 11) is 0. The predicted molar refractivity (Wildman–Crippen MR) is 74.2 cm³/mol. The normalized spacial score (nSPS) is 11.2. The summed E-state index contributed by atoms with van der Waals surface area (Å²) in [5.41, 5.74) is 0.412. The zero-order chi connectivity index (χ0) is 14.5. The van der Waals surface area contributed by atoms with Crippen LogP contribution in [-0.2, 0) is 13.0 Å². The monoisotopic (exact) mass is 266 g/mol. The molecule has 0 saturated heterocycles. The van der Waals surface area contributed by atoms with Gasteiger partial charge in [-0.1, -0.05) is 6.92 Å². The van der Waals surface area contributed by atoms with Gasteiger partial charge < -0.3 is 10.6 Å². The molecule has 6 nitrogen and oxygen atoms in total. The molecule has 106 valence electrons. The number of aromatic nitrogens is 2. The summed E-state index contributed by atoms with van der Waals surface area (Å²) < 4.78 is 1.48. The second kappa shape index (κ2) is 6.36. The molecule has 19 heavy (non-hydrogen) atoms. The van der Waals surface area contributed by atoms with Crippen LogP contribution >= 0.6 is 0 Å². The number of aryl methyl sites for hydroxylation is 1. The van der Waals surface area contributed by atoms with Crippen molar-refractivity contribution in [2.45, 2.75) is 46.2 Å². The number of amides is 2. The summed E-state index contributed by atoms with van der Waals surface area (Å²) in [6.07, 6.45) is 2.26. The maximum atomic E-state index is 11.7. The summed E-state index contributed by atoms with van der Waals surface area (Å²) in [5.74, 6) is 0. The van der Waals surface area contributed by atoms with Gasteiger partial charge in [-0.3, -0.25) is 9.36 Å². The van der Waals surface area contributed by atoms with Crippen LogP contribution in [0.25, 0.3) is 0 Å². The zero-order valence-corrected chi connectivity index (χ0v) is 12.0. The van der Waals surface area contributed by atoms with Crippen LogP contribution in [0, 0.1) is 0 Å². The van der Waals surface area contributed by atoms with Crippen molar-refractivity contribution in [3.05, 3.63) is 28.4 Å². The minimum atomic E-state index is -0.273. The van der Waals surface area contributed by atoms with Crippen LogP contribution in [0.15, 0.2) is 17.2 Å². The Bertz CT molecular complexity index is 488. The Labute approximate surface area is 113 Å². The first kappa shape index (κ1) is 15.2. The molecule has 2 N–H and O–H groups in total. The Morgan fingerprint density at radius 1 is 1.42 bits per heavy atom. The van der Waals surface area contributed by atoms with Crippen molar-refractivity contribution in [3.8, 4) is 0 Å². The molecule has 0 unspecified atom stereocenters. The van der Waals surface area contributed by atoms with E-state index in [1.54, 1.807) is 0 Å². The number of hydrogen-bond donors (Lipinski definition) is 2. The minimum Gasteiger partial charge on any atom is -0.336 e. The fraction of sp³-hybridized carbons (Fsp3) is 0.615. The number of nitrogens with one attached hydrogen (secondary N) is 2. The Hall–Kier alpha value is -1.85. The molecule has 0 radical (unpaired) electrons. The van der Waals surface area contributed by atoms with Gasteiger partial charge in [0.05, 0.1) is 6.33 Å². The van der Waals surface area contributed by atoms with Crippen LogP contribution < -0.4 is 16.2 Å². The molecule has 1 heterocycles. The lowest BCUT2D eigenvalue weighted by atomic mass is 10.1. The predicted octanol–water partition coefficient (Wildman–Crippen LogP) is 0.903. The maximum Gasteiger partial charge on any atom is 0.315 e. The Morgan fingerprint density at radius 3 is 2.63 bits per heavy atom. The summed E-state index contributed by atoms with van der Waals surface area (Å²) in [4.78, 5) is 27.4. The average Bonchev–Trinajstić information content (AvgIpc) is 2.28. The lowest BCUT2D eigenvalue weighted by molar-refractivity contribution is 0.231. The smallest absolute Gasteiger partial charge is 0.315 e. The van der Waals surface area contributed by atoms with Gasteiger partial charge in [-0.2, -0.15) is 0 Å². The van der Waals surface area contributed by atoms with Crippen molar-refractivity contribution in [2.24, 2.45) is 0 Å². The van der Waals surface area contributed by atoms with Gasteiger partial charge in [-0.15, -0.1) is 0 Å². The number of urea groups is 1. The highest BCUT2D eigenvalue weighted by Crippen LogP contribution is 1.97. The fourth-order valence-corrected chi connectivity index (χ4v) is 1.50.